The molecule has 2 amide bonds. The molecule has 1 saturated heterocycles. The average Bonchev–Trinajstić information content (AvgIpc) is 2.61. The number of hydrogen-bond acceptors (Lipinski definition) is 3. The van der Waals surface area contributed by atoms with Crippen LogP contribution in [0.15, 0.2) is 24.3 Å². The second kappa shape index (κ2) is 4.45. The third kappa shape index (κ3) is 2.38. The van der Waals surface area contributed by atoms with Gasteiger partial charge in [0.1, 0.15) is 11.8 Å². The molecule has 0 spiro atoms. The summed E-state index contributed by atoms with van der Waals surface area (Å²) in [5.74, 6) is -0.374. The van der Waals surface area contributed by atoms with Gasteiger partial charge in [-0.3, -0.25) is 9.59 Å². The van der Waals surface area contributed by atoms with E-state index < -0.39 is 6.04 Å². The minimum atomic E-state index is -0.449. The van der Waals surface area contributed by atoms with E-state index in [1.807, 2.05) is 0 Å². The Morgan fingerprint density at radius 1 is 1.53 bits per heavy atom. The summed E-state index contributed by atoms with van der Waals surface area (Å²) in [4.78, 5) is 25.0. The third-order valence-electron chi connectivity index (χ3n) is 2.84. The second-order valence-corrected chi connectivity index (χ2v) is 4.12. The molecule has 0 aliphatic carbocycles. The van der Waals surface area contributed by atoms with Crippen molar-refractivity contribution in [2.45, 2.75) is 12.5 Å². The van der Waals surface area contributed by atoms with Gasteiger partial charge in [-0.25, -0.2) is 0 Å². The number of nitrogens with zero attached hydrogens (tertiary/aromatic N) is 1. The number of likely N-dealkylation sites (tertiary alicyclic amines) is 1. The van der Waals surface area contributed by atoms with Crippen LogP contribution < -0.4 is 5.32 Å². The van der Waals surface area contributed by atoms with Crippen LogP contribution in [-0.2, 0) is 4.79 Å². The lowest BCUT2D eigenvalue weighted by Gasteiger charge is -2.12. The molecule has 1 atom stereocenters. The summed E-state index contributed by atoms with van der Waals surface area (Å²) in [6, 6.07) is 5.60. The number of carbonyl (C=O) groups is 2. The standard InChI is InChI=1S/C12H14N2O3/c1-14-6-5-10(12(14)17)13-11(16)8-3-2-4-9(15)7-8/h2-4,7,10,15H,5-6H2,1H3,(H,13,16). The fourth-order valence-electron chi connectivity index (χ4n) is 1.85. The molecule has 2 N–H and O–H groups in total. The van der Waals surface area contributed by atoms with Crippen LogP contribution in [0.2, 0.25) is 0 Å². The number of hydrogen-bond donors (Lipinski definition) is 2. The van der Waals surface area contributed by atoms with Crippen molar-refractivity contribution in [3.05, 3.63) is 29.8 Å². The summed E-state index contributed by atoms with van der Waals surface area (Å²) in [7, 11) is 1.71. The zero-order chi connectivity index (χ0) is 12.4. The maximum atomic E-state index is 11.8. The molecular formula is C12H14N2O3. The number of phenolic OH excluding ortho intramolecular Hbond substituents is 1. The largest absolute Gasteiger partial charge is 0.508 e. The van der Waals surface area contributed by atoms with Crippen molar-refractivity contribution in [1.29, 1.82) is 0 Å². The number of amides is 2. The van der Waals surface area contributed by atoms with Crippen molar-refractivity contribution >= 4 is 11.8 Å². The van der Waals surface area contributed by atoms with E-state index in [0.29, 0.717) is 18.5 Å². The zero-order valence-corrected chi connectivity index (χ0v) is 9.51. The fraction of sp³-hybridized carbons (Fsp3) is 0.333. The van der Waals surface area contributed by atoms with Crippen molar-refractivity contribution in [2.75, 3.05) is 13.6 Å². The number of benzene rings is 1. The van der Waals surface area contributed by atoms with Crippen molar-refractivity contribution in [2.24, 2.45) is 0 Å². The summed E-state index contributed by atoms with van der Waals surface area (Å²) in [6.07, 6.45) is 0.625. The molecule has 0 radical (unpaired) electrons. The van der Waals surface area contributed by atoms with Gasteiger partial charge in [-0.1, -0.05) is 6.07 Å². The summed E-state index contributed by atoms with van der Waals surface area (Å²) >= 11 is 0. The first-order chi connectivity index (χ1) is 8.08. The highest BCUT2D eigenvalue weighted by Gasteiger charge is 2.30. The van der Waals surface area contributed by atoms with Crippen LogP contribution >= 0.6 is 0 Å². The molecule has 0 saturated carbocycles. The number of carbonyl (C=O) groups excluding carboxylic acids is 2. The fourth-order valence-corrected chi connectivity index (χ4v) is 1.85. The van der Waals surface area contributed by atoms with Crippen LogP contribution in [0.4, 0.5) is 0 Å². The SMILES string of the molecule is CN1CCC(NC(=O)c2cccc(O)c2)C1=O. The lowest BCUT2D eigenvalue weighted by molar-refractivity contribution is -0.128. The zero-order valence-electron chi connectivity index (χ0n) is 9.51. The van der Waals surface area contributed by atoms with Crippen molar-refractivity contribution < 1.29 is 14.7 Å². The van der Waals surface area contributed by atoms with E-state index in [9.17, 15) is 14.7 Å². The lowest BCUT2D eigenvalue weighted by atomic mass is 10.1. The van der Waals surface area contributed by atoms with Crippen molar-refractivity contribution in [3.63, 3.8) is 0 Å². The first-order valence-electron chi connectivity index (χ1n) is 5.43. The minimum absolute atomic E-state index is 0.0347. The van der Waals surface area contributed by atoms with Gasteiger partial charge in [-0.2, -0.15) is 0 Å². The van der Waals surface area contributed by atoms with Crippen molar-refractivity contribution in [1.82, 2.24) is 10.2 Å². The third-order valence-corrected chi connectivity index (χ3v) is 2.84. The highest BCUT2D eigenvalue weighted by atomic mass is 16.3. The van der Waals surface area contributed by atoms with E-state index >= 15 is 0 Å². The molecule has 17 heavy (non-hydrogen) atoms. The Morgan fingerprint density at radius 3 is 2.88 bits per heavy atom. The van der Waals surface area contributed by atoms with Crippen molar-refractivity contribution in [3.8, 4) is 5.75 Å². The van der Waals surface area contributed by atoms with E-state index in [1.54, 1.807) is 24.1 Å². The quantitative estimate of drug-likeness (QED) is 0.776. The molecular weight excluding hydrogens is 220 g/mol. The molecule has 2 rings (SSSR count). The highest BCUT2D eigenvalue weighted by molar-refractivity contribution is 5.98. The van der Waals surface area contributed by atoms with E-state index in [1.165, 1.54) is 12.1 Å². The van der Waals surface area contributed by atoms with Gasteiger partial charge in [0.25, 0.3) is 5.91 Å². The molecule has 1 aromatic carbocycles. The smallest absolute Gasteiger partial charge is 0.252 e. The maximum absolute atomic E-state index is 11.8. The molecule has 1 fully saturated rings. The molecule has 1 heterocycles. The number of rotatable bonds is 2. The number of likely N-dealkylation sites (N-methyl/N-ethyl adjacent to an activating group) is 1. The first kappa shape index (κ1) is 11.4. The van der Waals surface area contributed by atoms with Gasteiger partial charge in [0.05, 0.1) is 0 Å². The van der Waals surface area contributed by atoms with E-state index in [0.717, 1.165) is 0 Å². The second-order valence-electron chi connectivity index (χ2n) is 4.12. The summed E-state index contributed by atoms with van der Waals surface area (Å²) in [5.41, 5.74) is 0.354. The predicted octanol–water partition coefficient (Wildman–Crippen LogP) is 0.353. The molecule has 1 unspecified atom stereocenters. The van der Waals surface area contributed by atoms with Gasteiger partial charge in [-0.05, 0) is 24.6 Å². The van der Waals surface area contributed by atoms with E-state index in [2.05, 4.69) is 5.32 Å². The van der Waals surface area contributed by atoms with Gasteiger partial charge in [-0.15, -0.1) is 0 Å². The van der Waals surface area contributed by atoms with E-state index in [4.69, 9.17) is 0 Å². The van der Waals surface area contributed by atoms with Gasteiger partial charge in [0.15, 0.2) is 0 Å². The van der Waals surface area contributed by atoms with Gasteiger partial charge in [0, 0.05) is 19.2 Å². The maximum Gasteiger partial charge on any atom is 0.252 e. The normalized spacial score (nSPS) is 19.5. The minimum Gasteiger partial charge on any atom is -0.508 e. The van der Waals surface area contributed by atoms with Crippen LogP contribution in [0.25, 0.3) is 0 Å². The molecule has 0 aromatic heterocycles. The Bertz CT molecular complexity index is 459. The highest BCUT2D eigenvalue weighted by Crippen LogP contribution is 2.13. The molecule has 5 heteroatoms. The van der Waals surface area contributed by atoms with Crippen LogP contribution in [0, 0.1) is 0 Å². The number of nitrogens with one attached hydrogen (secondary N) is 1. The predicted molar refractivity (Wildman–Crippen MR) is 61.6 cm³/mol. The van der Waals surface area contributed by atoms with Crippen LogP contribution in [0.1, 0.15) is 16.8 Å². The Kier molecular flexibility index (Phi) is 2.99. The summed E-state index contributed by atoms with van der Waals surface area (Å²) in [6.45, 7) is 0.657. The Hall–Kier alpha value is -2.04. The van der Waals surface area contributed by atoms with E-state index in [-0.39, 0.29) is 17.6 Å². The van der Waals surface area contributed by atoms with Crippen LogP contribution in [0.5, 0.6) is 5.75 Å². The Balaban J connectivity index is 2.05. The first-order valence-corrected chi connectivity index (χ1v) is 5.43. The Labute approximate surface area is 99.0 Å². The molecule has 90 valence electrons. The summed E-state index contributed by atoms with van der Waals surface area (Å²) < 4.78 is 0. The van der Waals surface area contributed by atoms with Crippen LogP contribution in [0.3, 0.4) is 0 Å². The topological polar surface area (TPSA) is 69.6 Å². The molecule has 1 aliphatic rings. The number of phenols is 1. The van der Waals surface area contributed by atoms with Crippen LogP contribution in [-0.4, -0.2) is 41.5 Å². The lowest BCUT2D eigenvalue weighted by Crippen LogP contribution is -2.40. The molecule has 5 nitrogen and oxygen atoms in total. The molecule has 1 aliphatic heterocycles. The van der Waals surface area contributed by atoms with Gasteiger partial charge < -0.3 is 15.3 Å². The van der Waals surface area contributed by atoms with Gasteiger partial charge >= 0.3 is 0 Å². The molecule has 1 aromatic rings. The number of aromatic hydroxyl groups is 1. The average molecular weight is 234 g/mol. The Morgan fingerprint density at radius 2 is 2.29 bits per heavy atom. The molecule has 0 bridgehead atoms. The monoisotopic (exact) mass is 234 g/mol. The van der Waals surface area contributed by atoms with Gasteiger partial charge in [0.2, 0.25) is 5.91 Å². The summed E-state index contributed by atoms with van der Waals surface area (Å²) in [5, 5.41) is 11.9.